The molecule has 3 N–H and O–H groups in total. The van der Waals surface area contributed by atoms with Gasteiger partial charge in [0.2, 0.25) is 0 Å². The third kappa shape index (κ3) is 4.14. The quantitative estimate of drug-likeness (QED) is 0.802. The van der Waals surface area contributed by atoms with Crippen LogP contribution in [0.1, 0.15) is 18.2 Å². The van der Waals surface area contributed by atoms with Crippen LogP contribution in [-0.2, 0) is 16.1 Å². The van der Waals surface area contributed by atoms with Gasteiger partial charge in [0.05, 0.1) is 12.0 Å². The SMILES string of the molecule is CC(OCc1ccco1)C(=O)Nc1ccccc1C(N)=S. The number of carbonyl (C=O) groups excluding carboxylic acids is 1. The number of thiocarbonyl (C=S) groups is 1. The van der Waals surface area contributed by atoms with Gasteiger partial charge in [0, 0.05) is 5.56 Å². The van der Waals surface area contributed by atoms with Crippen LogP contribution in [0.4, 0.5) is 5.69 Å². The molecule has 0 bridgehead atoms. The summed E-state index contributed by atoms with van der Waals surface area (Å²) >= 11 is 4.96. The predicted molar refractivity (Wildman–Crippen MR) is 83.9 cm³/mol. The van der Waals surface area contributed by atoms with E-state index in [9.17, 15) is 4.79 Å². The van der Waals surface area contributed by atoms with Crippen molar-refractivity contribution >= 4 is 28.8 Å². The lowest BCUT2D eigenvalue weighted by Gasteiger charge is -2.14. The molecular formula is C15H16N2O3S. The fraction of sp³-hybridized carbons (Fsp3) is 0.200. The maximum Gasteiger partial charge on any atom is 0.253 e. The van der Waals surface area contributed by atoms with Gasteiger partial charge >= 0.3 is 0 Å². The third-order valence-electron chi connectivity index (χ3n) is 2.88. The van der Waals surface area contributed by atoms with Crippen molar-refractivity contribution in [2.24, 2.45) is 5.73 Å². The van der Waals surface area contributed by atoms with E-state index in [1.807, 2.05) is 0 Å². The molecule has 0 aliphatic heterocycles. The number of benzene rings is 1. The first-order chi connectivity index (χ1) is 10.1. The van der Waals surface area contributed by atoms with Crippen LogP contribution in [0.2, 0.25) is 0 Å². The second kappa shape index (κ2) is 7.01. The third-order valence-corrected chi connectivity index (χ3v) is 3.10. The Morgan fingerprint density at radius 1 is 1.38 bits per heavy atom. The molecule has 0 saturated heterocycles. The van der Waals surface area contributed by atoms with Crippen molar-refractivity contribution in [2.45, 2.75) is 19.6 Å². The molecule has 1 amide bonds. The number of rotatable bonds is 6. The monoisotopic (exact) mass is 304 g/mol. The summed E-state index contributed by atoms with van der Waals surface area (Å²) in [5, 5.41) is 2.76. The average Bonchev–Trinajstić information content (AvgIpc) is 2.98. The molecule has 21 heavy (non-hydrogen) atoms. The number of amides is 1. The molecule has 1 aromatic heterocycles. The van der Waals surface area contributed by atoms with Crippen molar-refractivity contribution in [3.8, 4) is 0 Å². The molecule has 0 radical (unpaired) electrons. The van der Waals surface area contributed by atoms with Crippen LogP contribution in [0.5, 0.6) is 0 Å². The van der Waals surface area contributed by atoms with E-state index in [0.29, 0.717) is 17.0 Å². The lowest BCUT2D eigenvalue weighted by molar-refractivity contribution is -0.127. The van der Waals surface area contributed by atoms with E-state index in [4.69, 9.17) is 27.1 Å². The molecule has 1 aromatic carbocycles. The van der Waals surface area contributed by atoms with Crippen molar-refractivity contribution in [1.29, 1.82) is 0 Å². The number of ether oxygens (including phenoxy) is 1. The number of anilines is 1. The first kappa shape index (κ1) is 15.2. The minimum absolute atomic E-state index is 0.232. The van der Waals surface area contributed by atoms with E-state index in [1.165, 1.54) is 0 Å². The maximum absolute atomic E-state index is 12.1. The number of nitrogens with one attached hydrogen (secondary N) is 1. The van der Waals surface area contributed by atoms with Crippen LogP contribution in [0, 0.1) is 0 Å². The van der Waals surface area contributed by atoms with Crippen molar-refractivity contribution in [1.82, 2.24) is 0 Å². The van der Waals surface area contributed by atoms with Gasteiger partial charge in [0.1, 0.15) is 23.5 Å². The fourth-order valence-electron chi connectivity index (χ4n) is 1.72. The molecule has 1 heterocycles. The Morgan fingerprint density at radius 2 is 2.14 bits per heavy atom. The standard InChI is InChI=1S/C15H16N2O3S/c1-10(20-9-11-5-4-8-19-11)15(18)17-13-7-3-2-6-12(13)14(16)21/h2-8,10H,9H2,1H3,(H2,16,21)(H,17,18). The van der Waals surface area contributed by atoms with E-state index in [0.717, 1.165) is 0 Å². The largest absolute Gasteiger partial charge is 0.467 e. The number of carbonyl (C=O) groups is 1. The van der Waals surface area contributed by atoms with Crippen LogP contribution in [-0.4, -0.2) is 17.0 Å². The number of furan rings is 1. The van der Waals surface area contributed by atoms with Crippen LogP contribution in [0.15, 0.2) is 47.1 Å². The summed E-state index contributed by atoms with van der Waals surface area (Å²) in [5.41, 5.74) is 6.82. The predicted octanol–water partition coefficient (Wildman–Crippen LogP) is 2.46. The van der Waals surface area contributed by atoms with Crippen LogP contribution in [0.25, 0.3) is 0 Å². The molecule has 1 unspecified atom stereocenters. The summed E-state index contributed by atoms with van der Waals surface area (Å²) < 4.78 is 10.6. The van der Waals surface area contributed by atoms with Gasteiger partial charge in [-0.3, -0.25) is 4.79 Å². The molecule has 1 atom stereocenters. The van der Waals surface area contributed by atoms with Gasteiger partial charge in [-0.05, 0) is 31.2 Å². The minimum Gasteiger partial charge on any atom is -0.467 e. The summed E-state index contributed by atoms with van der Waals surface area (Å²) in [6.07, 6.45) is 0.927. The molecule has 110 valence electrons. The molecule has 0 fully saturated rings. The van der Waals surface area contributed by atoms with Crippen LogP contribution < -0.4 is 11.1 Å². The minimum atomic E-state index is -0.630. The van der Waals surface area contributed by atoms with E-state index in [-0.39, 0.29) is 17.5 Å². The fourth-order valence-corrected chi connectivity index (χ4v) is 1.90. The summed E-state index contributed by atoms with van der Waals surface area (Å²) in [6.45, 7) is 1.90. The zero-order valence-corrected chi connectivity index (χ0v) is 12.4. The van der Waals surface area contributed by atoms with Crippen molar-refractivity contribution in [3.05, 3.63) is 54.0 Å². The van der Waals surface area contributed by atoms with E-state index in [1.54, 1.807) is 49.6 Å². The van der Waals surface area contributed by atoms with Crippen molar-refractivity contribution < 1.29 is 13.9 Å². The Bertz CT molecular complexity index is 626. The normalized spacial score (nSPS) is 11.9. The van der Waals surface area contributed by atoms with Gasteiger partial charge in [0.15, 0.2) is 0 Å². The molecule has 0 aliphatic rings. The average molecular weight is 304 g/mol. The molecule has 0 aliphatic carbocycles. The lowest BCUT2D eigenvalue weighted by atomic mass is 10.1. The highest BCUT2D eigenvalue weighted by Gasteiger charge is 2.16. The summed E-state index contributed by atoms with van der Waals surface area (Å²) in [5.74, 6) is 0.392. The lowest BCUT2D eigenvalue weighted by Crippen LogP contribution is -2.28. The Balaban J connectivity index is 1.96. The molecule has 2 aromatic rings. The Labute approximate surface area is 128 Å². The van der Waals surface area contributed by atoms with Gasteiger partial charge in [-0.15, -0.1) is 0 Å². The maximum atomic E-state index is 12.1. The van der Waals surface area contributed by atoms with Gasteiger partial charge in [-0.1, -0.05) is 24.4 Å². The topological polar surface area (TPSA) is 77.5 Å². The molecule has 5 nitrogen and oxygen atoms in total. The van der Waals surface area contributed by atoms with E-state index < -0.39 is 6.10 Å². The number of para-hydroxylation sites is 1. The number of hydrogen-bond donors (Lipinski definition) is 2. The van der Waals surface area contributed by atoms with Crippen molar-refractivity contribution in [3.63, 3.8) is 0 Å². The Kier molecular flexibility index (Phi) is 5.08. The van der Waals surface area contributed by atoms with Crippen LogP contribution >= 0.6 is 12.2 Å². The summed E-state index contributed by atoms with van der Waals surface area (Å²) in [6, 6.07) is 10.7. The number of nitrogens with two attached hydrogens (primary N) is 1. The molecular weight excluding hydrogens is 288 g/mol. The zero-order chi connectivity index (χ0) is 15.2. The van der Waals surface area contributed by atoms with E-state index >= 15 is 0 Å². The Morgan fingerprint density at radius 3 is 2.81 bits per heavy atom. The van der Waals surface area contributed by atoms with E-state index in [2.05, 4.69) is 5.32 Å². The summed E-state index contributed by atoms with van der Waals surface area (Å²) in [7, 11) is 0. The second-order valence-electron chi connectivity index (χ2n) is 4.43. The first-order valence-electron chi connectivity index (χ1n) is 6.41. The number of hydrogen-bond acceptors (Lipinski definition) is 4. The molecule has 2 rings (SSSR count). The van der Waals surface area contributed by atoms with Crippen molar-refractivity contribution in [2.75, 3.05) is 5.32 Å². The smallest absolute Gasteiger partial charge is 0.253 e. The molecule has 0 saturated carbocycles. The highest BCUT2D eigenvalue weighted by molar-refractivity contribution is 7.80. The van der Waals surface area contributed by atoms with Gasteiger partial charge in [-0.25, -0.2) is 0 Å². The van der Waals surface area contributed by atoms with Gasteiger partial charge in [0.25, 0.3) is 5.91 Å². The van der Waals surface area contributed by atoms with Gasteiger partial charge < -0.3 is 20.2 Å². The van der Waals surface area contributed by atoms with Crippen LogP contribution in [0.3, 0.4) is 0 Å². The zero-order valence-electron chi connectivity index (χ0n) is 11.5. The highest BCUT2D eigenvalue weighted by atomic mass is 32.1. The van der Waals surface area contributed by atoms with Gasteiger partial charge in [-0.2, -0.15) is 0 Å². The molecule has 0 spiro atoms. The first-order valence-corrected chi connectivity index (χ1v) is 6.82. The summed E-state index contributed by atoms with van der Waals surface area (Å²) in [4.78, 5) is 12.3. The highest BCUT2D eigenvalue weighted by Crippen LogP contribution is 2.15. The molecule has 6 heteroatoms. The Hall–Kier alpha value is -2.18. The second-order valence-corrected chi connectivity index (χ2v) is 4.87.